The number of hydrogen-bond donors (Lipinski definition) is 1. The van der Waals surface area contributed by atoms with Gasteiger partial charge in [0, 0.05) is 18.1 Å². The topological polar surface area (TPSA) is 28.2 Å². The van der Waals surface area contributed by atoms with Crippen LogP contribution in [0.15, 0.2) is 18.3 Å². The smallest absolute Gasteiger partial charge is 0.141 e. The zero-order valence-electron chi connectivity index (χ0n) is 12.1. The summed E-state index contributed by atoms with van der Waals surface area (Å²) in [4.78, 5) is 6.65. The van der Waals surface area contributed by atoms with Crippen LogP contribution in [0.25, 0.3) is 0 Å². The Kier molecular flexibility index (Phi) is 4.88. The lowest BCUT2D eigenvalue weighted by molar-refractivity contribution is 0.157. The van der Waals surface area contributed by atoms with Crippen molar-refractivity contribution in [2.24, 2.45) is 0 Å². The minimum Gasteiger partial charge on any atom is -0.306 e. The molecule has 1 aliphatic rings. The van der Waals surface area contributed by atoms with Gasteiger partial charge in [-0.15, -0.1) is 0 Å². The first-order valence-corrected chi connectivity index (χ1v) is 7.18. The summed E-state index contributed by atoms with van der Waals surface area (Å²) in [7, 11) is 0. The second-order valence-electron chi connectivity index (χ2n) is 5.69. The fourth-order valence-corrected chi connectivity index (χ4v) is 2.66. The molecule has 106 valence electrons. The highest BCUT2D eigenvalue weighted by Crippen LogP contribution is 2.17. The lowest BCUT2D eigenvalue weighted by atomic mass is 10.0. The van der Waals surface area contributed by atoms with Gasteiger partial charge in [-0.3, -0.25) is 4.98 Å². The van der Waals surface area contributed by atoms with Gasteiger partial charge in [-0.25, -0.2) is 4.39 Å². The van der Waals surface area contributed by atoms with E-state index in [-0.39, 0.29) is 11.9 Å². The molecule has 0 amide bonds. The Balaban J connectivity index is 1.83. The number of likely N-dealkylation sites (tertiary alicyclic amines) is 1. The summed E-state index contributed by atoms with van der Waals surface area (Å²) < 4.78 is 12.8. The van der Waals surface area contributed by atoms with E-state index in [4.69, 9.17) is 0 Å². The highest BCUT2D eigenvalue weighted by atomic mass is 19.1. The molecule has 0 saturated carbocycles. The number of rotatable bonds is 4. The van der Waals surface area contributed by atoms with E-state index in [0.717, 1.165) is 18.8 Å². The van der Waals surface area contributed by atoms with Gasteiger partial charge in [0.05, 0.1) is 11.9 Å². The summed E-state index contributed by atoms with van der Waals surface area (Å²) in [5.74, 6) is -0.277. The first-order chi connectivity index (χ1) is 9.06. The predicted molar refractivity (Wildman–Crippen MR) is 75.5 cm³/mol. The number of nitrogens with zero attached hydrogens (tertiary/aromatic N) is 2. The number of hydrogen-bond acceptors (Lipinski definition) is 3. The van der Waals surface area contributed by atoms with Crippen molar-refractivity contribution in [2.45, 2.75) is 51.7 Å². The van der Waals surface area contributed by atoms with Crippen molar-refractivity contribution < 1.29 is 4.39 Å². The van der Waals surface area contributed by atoms with Crippen LogP contribution in [0.2, 0.25) is 0 Å². The van der Waals surface area contributed by atoms with Gasteiger partial charge in [-0.2, -0.15) is 0 Å². The maximum Gasteiger partial charge on any atom is 0.141 e. The lowest BCUT2D eigenvalue weighted by Crippen LogP contribution is -2.45. The number of halogens is 1. The number of pyridine rings is 1. The van der Waals surface area contributed by atoms with Crippen LogP contribution in [0, 0.1) is 5.82 Å². The van der Waals surface area contributed by atoms with Crippen LogP contribution in [0.4, 0.5) is 4.39 Å². The molecule has 4 heteroatoms. The van der Waals surface area contributed by atoms with Crippen LogP contribution >= 0.6 is 0 Å². The molecule has 1 N–H and O–H groups in total. The Bertz CT molecular complexity index is 383. The van der Waals surface area contributed by atoms with E-state index >= 15 is 0 Å². The Morgan fingerprint density at radius 2 is 1.95 bits per heavy atom. The van der Waals surface area contributed by atoms with Gasteiger partial charge in [-0.1, -0.05) is 0 Å². The van der Waals surface area contributed by atoms with Crippen LogP contribution < -0.4 is 5.32 Å². The van der Waals surface area contributed by atoms with Crippen molar-refractivity contribution in [3.8, 4) is 0 Å². The zero-order valence-corrected chi connectivity index (χ0v) is 12.1. The highest BCUT2D eigenvalue weighted by molar-refractivity contribution is 5.09. The third-order valence-electron chi connectivity index (χ3n) is 3.94. The number of aromatic nitrogens is 1. The van der Waals surface area contributed by atoms with Crippen molar-refractivity contribution in [3.05, 3.63) is 29.8 Å². The van der Waals surface area contributed by atoms with Crippen molar-refractivity contribution in [2.75, 3.05) is 13.1 Å². The summed E-state index contributed by atoms with van der Waals surface area (Å²) in [6.45, 7) is 8.89. The van der Waals surface area contributed by atoms with Crippen LogP contribution in [0.3, 0.4) is 0 Å². The van der Waals surface area contributed by atoms with Gasteiger partial charge in [-0.05, 0) is 58.8 Å². The zero-order chi connectivity index (χ0) is 13.8. The normalized spacial score (nSPS) is 19.8. The monoisotopic (exact) mass is 265 g/mol. The van der Waals surface area contributed by atoms with E-state index in [1.165, 1.54) is 25.1 Å². The molecule has 0 aromatic carbocycles. The van der Waals surface area contributed by atoms with Crippen molar-refractivity contribution >= 4 is 0 Å². The molecule has 1 aromatic rings. The van der Waals surface area contributed by atoms with Gasteiger partial charge >= 0.3 is 0 Å². The molecule has 2 heterocycles. The predicted octanol–water partition coefficient (Wildman–Crippen LogP) is 2.74. The standard InChI is InChI=1S/C15H24FN3/c1-11(2)19-8-6-14(7-9-19)18-12(3)15-5-4-13(16)10-17-15/h4-5,10-12,14,18H,6-9H2,1-3H3. The van der Waals surface area contributed by atoms with E-state index in [1.54, 1.807) is 6.07 Å². The summed E-state index contributed by atoms with van der Waals surface area (Å²) in [6, 6.07) is 4.59. The molecule has 0 bridgehead atoms. The molecular weight excluding hydrogens is 241 g/mol. The summed E-state index contributed by atoms with van der Waals surface area (Å²) in [6.07, 6.45) is 3.63. The largest absolute Gasteiger partial charge is 0.306 e. The minimum absolute atomic E-state index is 0.177. The van der Waals surface area contributed by atoms with Gasteiger partial charge in [0.2, 0.25) is 0 Å². The summed E-state index contributed by atoms with van der Waals surface area (Å²) in [5.41, 5.74) is 0.910. The van der Waals surface area contributed by atoms with E-state index in [0.29, 0.717) is 12.1 Å². The molecule has 1 saturated heterocycles. The van der Waals surface area contributed by atoms with E-state index in [1.807, 2.05) is 0 Å². The van der Waals surface area contributed by atoms with E-state index in [9.17, 15) is 4.39 Å². The molecular formula is C15H24FN3. The summed E-state index contributed by atoms with van der Waals surface area (Å²) in [5, 5.41) is 3.60. The molecule has 1 unspecified atom stereocenters. The minimum atomic E-state index is -0.277. The molecule has 0 radical (unpaired) electrons. The fourth-order valence-electron chi connectivity index (χ4n) is 2.66. The first-order valence-electron chi connectivity index (χ1n) is 7.18. The van der Waals surface area contributed by atoms with Crippen molar-refractivity contribution in [1.82, 2.24) is 15.2 Å². The van der Waals surface area contributed by atoms with Gasteiger partial charge in [0.15, 0.2) is 0 Å². The maximum atomic E-state index is 12.8. The van der Waals surface area contributed by atoms with Crippen molar-refractivity contribution in [3.63, 3.8) is 0 Å². The SMILES string of the molecule is CC(NC1CCN(C(C)C)CC1)c1ccc(F)cn1. The average Bonchev–Trinajstić information content (AvgIpc) is 2.40. The van der Waals surface area contributed by atoms with Gasteiger partial charge < -0.3 is 10.2 Å². The second kappa shape index (κ2) is 6.44. The molecule has 1 fully saturated rings. The van der Waals surface area contributed by atoms with Crippen LogP contribution in [-0.2, 0) is 0 Å². The molecule has 3 nitrogen and oxygen atoms in total. The third kappa shape index (κ3) is 3.98. The highest BCUT2D eigenvalue weighted by Gasteiger charge is 2.22. The van der Waals surface area contributed by atoms with Crippen LogP contribution in [-0.4, -0.2) is 35.1 Å². The van der Waals surface area contributed by atoms with Crippen LogP contribution in [0.1, 0.15) is 45.3 Å². The number of piperidine rings is 1. The molecule has 2 rings (SSSR count). The van der Waals surface area contributed by atoms with Gasteiger partial charge in [0.25, 0.3) is 0 Å². The Labute approximate surface area is 115 Å². The van der Waals surface area contributed by atoms with Crippen LogP contribution in [0.5, 0.6) is 0 Å². The fraction of sp³-hybridized carbons (Fsp3) is 0.667. The molecule has 0 spiro atoms. The van der Waals surface area contributed by atoms with E-state index < -0.39 is 0 Å². The Morgan fingerprint density at radius 3 is 2.47 bits per heavy atom. The molecule has 1 aromatic heterocycles. The first kappa shape index (κ1) is 14.4. The van der Waals surface area contributed by atoms with Gasteiger partial charge in [0.1, 0.15) is 5.82 Å². The Morgan fingerprint density at radius 1 is 1.26 bits per heavy atom. The molecule has 0 aliphatic carbocycles. The summed E-state index contributed by atoms with van der Waals surface area (Å²) >= 11 is 0. The second-order valence-corrected chi connectivity index (χ2v) is 5.69. The molecule has 1 aliphatic heterocycles. The molecule has 1 atom stereocenters. The van der Waals surface area contributed by atoms with E-state index in [2.05, 4.69) is 36.0 Å². The molecule has 19 heavy (non-hydrogen) atoms. The lowest BCUT2D eigenvalue weighted by Gasteiger charge is -2.36. The number of nitrogens with one attached hydrogen (secondary N) is 1. The quantitative estimate of drug-likeness (QED) is 0.907. The Hall–Kier alpha value is -1.00. The third-order valence-corrected chi connectivity index (χ3v) is 3.94. The average molecular weight is 265 g/mol. The maximum absolute atomic E-state index is 12.8. The van der Waals surface area contributed by atoms with Crippen molar-refractivity contribution in [1.29, 1.82) is 0 Å².